The Morgan fingerprint density at radius 2 is 1.86 bits per heavy atom. The van der Waals surface area contributed by atoms with Gasteiger partial charge in [-0.3, -0.25) is 0 Å². The smallest absolute Gasteiger partial charge is 0.0433 e. The molecule has 82 valence electrons. The maximum absolute atomic E-state index is 8.75. The van der Waals surface area contributed by atoms with E-state index in [-0.39, 0.29) is 0 Å². The highest BCUT2D eigenvalue weighted by atomic mass is 16.3. The van der Waals surface area contributed by atoms with Gasteiger partial charge in [0.25, 0.3) is 0 Å². The summed E-state index contributed by atoms with van der Waals surface area (Å²) in [6.07, 6.45) is 13.5. The standard InChI is InChI=1S/C13H24O/c1-2-3-4-5-6-7-8-12-11-13(12)9-10-14/h5-6,12-14H,2-4,7-11H2,1H3/b6-5+. The minimum Gasteiger partial charge on any atom is -0.396 e. The van der Waals surface area contributed by atoms with Crippen LogP contribution in [0.15, 0.2) is 12.2 Å². The number of unbranched alkanes of at least 4 members (excludes halogenated alkanes) is 2. The summed E-state index contributed by atoms with van der Waals surface area (Å²) in [5.41, 5.74) is 0. The molecule has 0 bridgehead atoms. The first kappa shape index (κ1) is 11.8. The first-order valence-electron chi connectivity index (χ1n) is 6.14. The zero-order valence-corrected chi connectivity index (χ0v) is 9.41. The Bertz CT molecular complexity index is 163. The molecule has 1 N–H and O–H groups in total. The van der Waals surface area contributed by atoms with E-state index in [1.165, 1.54) is 38.5 Å². The van der Waals surface area contributed by atoms with Crippen LogP contribution in [0.5, 0.6) is 0 Å². The molecule has 0 aromatic heterocycles. The van der Waals surface area contributed by atoms with Crippen molar-refractivity contribution < 1.29 is 5.11 Å². The fraction of sp³-hybridized carbons (Fsp3) is 0.846. The quantitative estimate of drug-likeness (QED) is 0.465. The molecule has 1 fully saturated rings. The molecule has 0 radical (unpaired) electrons. The van der Waals surface area contributed by atoms with Crippen LogP contribution in [0.25, 0.3) is 0 Å². The largest absolute Gasteiger partial charge is 0.396 e. The van der Waals surface area contributed by atoms with Crippen molar-refractivity contribution in [2.75, 3.05) is 6.61 Å². The van der Waals surface area contributed by atoms with E-state index >= 15 is 0 Å². The molecule has 14 heavy (non-hydrogen) atoms. The zero-order valence-electron chi connectivity index (χ0n) is 9.41. The molecular weight excluding hydrogens is 172 g/mol. The summed E-state index contributed by atoms with van der Waals surface area (Å²) in [4.78, 5) is 0. The lowest BCUT2D eigenvalue weighted by Gasteiger charge is -1.95. The lowest BCUT2D eigenvalue weighted by molar-refractivity contribution is 0.276. The van der Waals surface area contributed by atoms with Gasteiger partial charge in [0.1, 0.15) is 0 Å². The van der Waals surface area contributed by atoms with E-state index in [0.29, 0.717) is 6.61 Å². The number of allylic oxidation sites excluding steroid dienone is 2. The zero-order chi connectivity index (χ0) is 10.2. The van der Waals surface area contributed by atoms with Crippen LogP contribution in [0.4, 0.5) is 0 Å². The van der Waals surface area contributed by atoms with E-state index in [9.17, 15) is 0 Å². The molecule has 0 aromatic carbocycles. The molecule has 1 nitrogen and oxygen atoms in total. The number of hydrogen-bond acceptors (Lipinski definition) is 1. The first-order chi connectivity index (χ1) is 6.88. The molecule has 0 aliphatic heterocycles. The fourth-order valence-corrected chi connectivity index (χ4v) is 2.05. The molecule has 0 amide bonds. The van der Waals surface area contributed by atoms with Crippen molar-refractivity contribution in [2.45, 2.75) is 51.9 Å². The van der Waals surface area contributed by atoms with Gasteiger partial charge in [-0.25, -0.2) is 0 Å². The van der Waals surface area contributed by atoms with Crippen molar-refractivity contribution in [3.05, 3.63) is 12.2 Å². The monoisotopic (exact) mass is 196 g/mol. The van der Waals surface area contributed by atoms with Crippen molar-refractivity contribution >= 4 is 0 Å². The molecule has 0 saturated heterocycles. The average Bonchev–Trinajstić information content (AvgIpc) is 2.91. The first-order valence-corrected chi connectivity index (χ1v) is 6.14. The van der Waals surface area contributed by atoms with E-state index in [0.717, 1.165) is 18.3 Å². The summed E-state index contributed by atoms with van der Waals surface area (Å²) in [5.74, 6) is 1.78. The van der Waals surface area contributed by atoms with Crippen molar-refractivity contribution in [3.8, 4) is 0 Å². The van der Waals surface area contributed by atoms with Crippen molar-refractivity contribution in [2.24, 2.45) is 11.8 Å². The predicted octanol–water partition coefficient (Wildman–Crippen LogP) is 3.53. The van der Waals surface area contributed by atoms with Crippen molar-refractivity contribution in [1.82, 2.24) is 0 Å². The Hall–Kier alpha value is -0.300. The Balaban J connectivity index is 1.88. The summed E-state index contributed by atoms with van der Waals surface area (Å²) in [6, 6.07) is 0. The third-order valence-corrected chi connectivity index (χ3v) is 3.16. The van der Waals surface area contributed by atoms with Crippen LogP contribution < -0.4 is 0 Å². The van der Waals surface area contributed by atoms with E-state index in [1.807, 2.05) is 0 Å². The summed E-state index contributed by atoms with van der Waals surface area (Å²) in [5, 5.41) is 8.75. The maximum Gasteiger partial charge on any atom is 0.0433 e. The second-order valence-corrected chi connectivity index (χ2v) is 4.46. The van der Waals surface area contributed by atoms with Gasteiger partial charge in [0.05, 0.1) is 0 Å². The molecule has 1 aliphatic rings. The Kier molecular flexibility index (Phi) is 5.93. The second kappa shape index (κ2) is 7.05. The van der Waals surface area contributed by atoms with Crippen LogP contribution in [-0.4, -0.2) is 11.7 Å². The minimum atomic E-state index is 0.382. The van der Waals surface area contributed by atoms with Gasteiger partial charge in [-0.2, -0.15) is 0 Å². The molecular formula is C13H24O. The molecule has 1 rings (SSSR count). The van der Waals surface area contributed by atoms with Crippen LogP contribution in [0.2, 0.25) is 0 Å². The number of aliphatic hydroxyl groups is 1. The van der Waals surface area contributed by atoms with Gasteiger partial charge < -0.3 is 5.11 Å². The predicted molar refractivity (Wildman–Crippen MR) is 61.2 cm³/mol. The van der Waals surface area contributed by atoms with Crippen LogP contribution in [0.1, 0.15) is 51.9 Å². The van der Waals surface area contributed by atoms with Gasteiger partial charge in [0.2, 0.25) is 0 Å². The highest BCUT2D eigenvalue weighted by molar-refractivity contribution is 4.89. The van der Waals surface area contributed by atoms with Crippen LogP contribution in [-0.2, 0) is 0 Å². The van der Waals surface area contributed by atoms with Crippen LogP contribution >= 0.6 is 0 Å². The number of aliphatic hydroxyl groups excluding tert-OH is 1. The van der Waals surface area contributed by atoms with Gasteiger partial charge in [-0.05, 0) is 43.9 Å². The van der Waals surface area contributed by atoms with Gasteiger partial charge in [0.15, 0.2) is 0 Å². The lowest BCUT2D eigenvalue weighted by Crippen LogP contribution is -1.87. The SMILES string of the molecule is CCCC/C=C/CCC1CC1CCO. The highest BCUT2D eigenvalue weighted by Gasteiger charge is 2.34. The molecule has 2 atom stereocenters. The molecule has 0 aromatic rings. The Labute approximate surface area is 88.2 Å². The fourth-order valence-electron chi connectivity index (χ4n) is 2.05. The maximum atomic E-state index is 8.75. The number of rotatable bonds is 8. The molecule has 1 aliphatic carbocycles. The normalized spacial score (nSPS) is 25.9. The van der Waals surface area contributed by atoms with Gasteiger partial charge in [0, 0.05) is 6.61 Å². The van der Waals surface area contributed by atoms with Gasteiger partial charge >= 0.3 is 0 Å². The number of hydrogen-bond donors (Lipinski definition) is 1. The lowest BCUT2D eigenvalue weighted by atomic mass is 10.1. The molecule has 0 heterocycles. The topological polar surface area (TPSA) is 20.2 Å². The summed E-state index contributed by atoms with van der Waals surface area (Å²) >= 11 is 0. The van der Waals surface area contributed by atoms with Crippen LogP contribution in [0, 0.1) is 11.8 Å². The van der Waals surface area contributed by atoms with E-state index < -0.39 is 0 Å². The van der Waals surface area contributed by atoms with Crippen molar-refractivity contribution in [1.29, 1.82) is 0 Å². The van der Waals surface area contributed by atoms with Gasteiger partial charge in [-0.15, -0.1) is 0 Å². The molecule has 2 unspecified atom stereocenters. The Morgan fingerprint density at radius 3 is 2.57 bits per heavy atom. The van der Waals surface area contributed by atoms with Gasteiger partial charge in [-0.1, -0.05) is 31.9 Å². The molecule has 1 saturated carbocycles. The summed E-state index contributed by atoms with van der Waals surface area (Å²) < 4.78 is 0. The minimum absolute atomic E-state index is 0.382. The summed E-state index contributed by atoms with van der Waals surface area (Å²) in [6.45, 7) is 2.62. The van der Waals surface area contributed by atoms with E-state index in [4.69, 9.17) is 5.11 Å². The molecule has 1 heteroatoms. The average molecular weight is 196 g/mol. The van der Waals surface area contributed by atoms with Crippen molar-refractivity contribution in [3.63, 3.8) is 0 Å². The van der Waals surface area contributed by atoms with E-state index in [1.54, 1.807) is 0 Å². The highest BCUT2D eigenvalue weighted by Crippen LogP contribution is 2.44. The summed E-state index contributed by atoms with van der Waals surface area (Å²) in [7, 11) is 0. The van der Waals surface area contributed by atoms with E-state index in [2.05, 4.69) is 19.1 Å². The molecule has 0 spiro atoms. The second-order valence-electron chi connectivity index (χ2n) is 4.46. The Morgan fingerprint density at radius 1 is 1.14 bits per heavy atom. The third-order valence-electron chi connectivity index (χ3n) is 3.16. The third kappa shape index (κ3) is 4.80. The van der Waals surface area contributed by atoms with Crippen LogP contribution in [0.3, 0.4) is 0 Å².